The lowest BCUT2D eigenvalue weighted by Crippen LogP contribution is -2.03. The molecule has 0 aliphatic carbocycles. The number of anilines is 4. The zero-order chi connectivity index (χ0) is 18.7. The van der Waals surface area contributed by atoms with E-state index in [0.717, 1.165) is 5.69 Å². The van der Waals surface area contributed by atoms with Gasteiger partial charge in [0.05, 0.1) is 15.6 Å². The molecule has 0 amide bonds. The molecule has 6 nitrogen and oxygen atoms in total. The monoisotopic (exact) mass is 388 g/mol. The summed E-state index contributed by atoms with van der Waals surface area (Å²) in [6.45, 7) is 1.85. The molecule has 132 valence electrons. The van der Waals surface area contributed by atoms with Gasteiger partial charge in [-0.05, 0) is 49.4 Å². The Morgan fingerprint density at radius 2 is 1.62 bits per heavy atom. The van der Waals surface area contributed by atoms with Gasteiger partial charge in [0.15, 0.2) is 0 Å². The molecule has 0 radical (unpaired) electrons. The first-order chi connectivity index (χ1) is 12.4. The molecule has 0 aliphatic rings. The number of hydrogen-bond acceptors (Lipinski definition) is 5. The summed E-state index contributed by atoms with van der Waals surface area (Å²) in [4.78, 5) is 19.7. The Balaban J connectivity index is 1.80. The van der Waals surface area contributed by atoms with Crippen LogP contribution in [0.5, 0.6) is 0 Å². The van der Waals surface area contributed by atoms with Crippen molar-refractivity contribution in [3.63, 3.8) is 0 Å². The molecule has 3 N–H and O–H groups in total. The fraction of sp³-hybridized carbons (Fsp3) is 0.0556. The summed E-state index contributed by atoms with van der Waals surface area (Å²) in [5, 5.41) is 16.1. The van der Waals surface area contributed by atoms with Crippen LogP contribution >= 0.6 is 23.2 Å². The van der Waals surface area contributed by atoms with E-state index in [0.29, 0.717) is 33.2 Å². The average Bonchev–Trinajstić information content (AvgIpc) is 2.58. The number of carboxylic acid groups (broad SMARTS) is 1. The van der Waals surface area contributed by atoms with Crippen LogP contribution in [0.15, 0.2) is 48.5 Å². The third kappa shape index (κ3) is 4.41. The summed E-state index contributed by atoms with van der Waals surface area (Å²) in [5.74, 6) is -0.00118. The van der Waals surface area contributed by atoms with Gasteiger partial charge in [0.1, 0.15) is 5.82 Å². The number of hydrogen-bond donors (Lipinski definition) is 3. The molecule has 8 heteroatoms. The predicted molar refractivity (Wildman–Crippen MR) is 103 cm³/mol. The molecule has 0 spiro atoms. The van der Waals surface area contributed by atoms with Crippen molar-refractivity contribution in [2.24, 2.45) is 0 Å². The molecule has 3 rings (SSSR count). The van der Waals surface area contributed by atoms with Gasteiger partial charge in [-0.25, -0.2) is 9.78 Å². The Hall–Kier alpha value is -2.83. The summed E-state index contributed by atoms with van der Waals surface area (Å²) in [6, 6.07) is 13.3. The van der Waals surface area contributed by atoms with Crippen molar-refractivity contribution in [2.45, 2.75) is 6.92 Å². The van der Waals surface area contributed by atoms with E-state index in [1.54, 1.807) is 36.4 Å². The van der Waals surface area contributed by atoms with E-state index >= 15 is 0 Å². The zero-order valence-corrected chi connectivity index (χ0v) is 15.1. The van der Waals surface area contributed by atoms with E-state index in [4.69, 9.17) is 28.3 Å². The Kier molecular flexibility index (Phi) is 5.25. The molecule has 0 saturated carbocycles. The van der Waals surface area contributed by atoms with Crippen LogP contribution in [0.3, 0.4) is 0 Å². The van der Waals surface area contributed by atoms with Crippen molar-refractivity contribution in [1.29, 1.82) is 0 Å². The highest BCUT2D eigenvalue weighted by atomic mass is 35.5. The minimum atomic E-state index is -0.970. The lowest BCUT2D eigenvalue weighted by Gasteiger charge is -2.10. The van der Waals surface area contributed by atoms with Gasteiger partial charge in [-0.3, -0.25) is 0 Å². The third-order valence-corrected chi connectivity index (χ3v) is 4.17. The van der Waals surface area contributed by atoms with E-state index in [9.17, 15) is 4.79 Å². The minimum Gasteiger partial charge on any atom is -0.478 e. The second kappa shape index (κ2) is 7.59. The van der Waals surface area contributed by atoms with Gasteiger partial charge >= 0.3 is 5.97 Å². The number of carboxylic acids is 1. The predicted octanol–water partition coefficient (Wildman–Crippen LogP) is 5.28. The Morgan fingerprint density at radius 3 is 2.27 bits per heavy atom. The summed E-state index contributed by atoms with van der Waals surface area (Å²) < 4.78 is 0. The van der Waals surface area contributed by atoms with E-state index in [2.05, 4.69) is 20.6 Å². The van der Waals surface area contributed by atoms with E-state index in [1.807, 2.05) is 6.92 Å². The molecule has 3 aromatic rings. The summed E-state index contributed by atoms with van der Waals surface area (Å²) >= 11 is 11.9. The van der Waals surface area contributed by atoms with Crippen molar-refractivity contribution in [3.05, 3.63) is 69.8 Å². The molecule has 2 aromatic carbocycles. The number of nitrogens with zero attached hydrogens (tertiary/aromatic N) is 2. The first-order valence-corrected chi connectivity index (χ1v) is 8.34. The fourth-order valence-corrected chi connectivity index (χ4v) is 2.53. The van der Waals surface area contributed by atoms with Crippen LogP contribution in [0.25, 0.3) is 0 Å². The number of rotatable bonds is 5. The van der Waals surface area contributed by atoms with Crippen molar-refractivity contribution in [2.75, 3.05) is 10.6 Å². The smallest absolute Gasteiger partial charge is 0.335 e. The molecule has 1 heterocycles. The number of aromatic nitrogens is 2. The maximum atomic E-state index is 10.9. The van der Waals surface area contributed by atoms with Crippen LogP contribution in [0, 0.1) is 6.92 Å². The first-order valence-electron chi connectivity index (χ1n) is 7.59. The summed E-state index contributed by atoms with van der Waals surface area (Å²) in [7, 11) is 0. The molecule has 26 heavy (non-hydrogen) atoms. The lowest BCUT2D eigenvalue weighted by atomic mass is 10.2. The molecule has 0 aliphatic heterocycles. The maximum absolute atomic E-state index is 10.9. The number of aryl methyl sites for hydroxylation is 1. The third-order valence-electron chi connectivity index (χ3n) is 3.43. The van der Waals surface area contributed by atoms with Crippen molar-refractivity contribution in [3.8, 4) is 0 Å². The van der Waals surface area contributed by atoms with Gasteiger partial charge in [0, 0.05) is 23.1 Å². The average molecular weight is 389 g/mol. The molecule has 0 atom stereocenters. The summed E-state index contributed by atoms with van der Waals surface area (Å²) in [6.07, 6.45) is 0. The quantitative estimate of drug-likeness (QED) is 0.551. The van der Waals surface area contributed by atoms with Crippen LogP contribution in [-0.4, -0.2) is 21.0 Å². The zero-order valence-electron chi connectivity index (χ0n) is 13.6. The number of carbonyl (C=O) groups is 1. The van der Waals surface area contributed by atoms with Crippen molar-refractivity contribution < 1.29 is 9.90 Å². The molecule has 0 fully saturated rings. The van der Waals surface area contributed by atoms with Crippen LogP contribution < -0.4 is 10.6 Å². The molecular formula is C18H14Cl2N4O2. The summed E-state index contributed by atoms with van der Waals surface area (Å²) in [5.41, 5.74) is 2.40. The Morgan fingerprint density at radius 1 is 0.923 bits per heavy atom. The number of aromatic carboxylic acids is 1. The fourth-order valence-electron chi connectivity index (χ4n) is 2.24. The molecule has 1 aromatic heterocycles. The van der Waals surface area contributed by atoms with Gasteiger partial charge in [-0.15, -0.1) is 0 Å². The number of benzene rings is 2. The second-order valence-electron chi connectivity index (χ2n) is 5.48. The molecule has 0 bridgehead atoms. The number of halogens is 2. The highest BCUT2D eigenvalue weighted by Gasteiger charge is 2.06. The van der Waals surface area contributed by atoms with Crippen molar-refractivity contribution in [1.82, 2.24) is 9.97 Å². The Labute approximate surface area is 159 Å². The largest absolute Gasteiger partial charge is 0.478 e. The van der Waals surface area contributed by atoms with E-state index in [1.165, 1.54) is 12.1 Å². The van der Waals surface area contributed by atoms with Crippen LogP contribution in [0.1, 0.15) is 16.1 Å². The SMILES string of the molecule is Cc1cc(Nc2ccc(C(=O)O)cc2)nc(Nc2ccc(Cl)c(Cl)c2)n1. The van der Waals surface area contributed by atoms with Gasteiger partial charge in [-0.2, -0.15) is 4.98 Å². The van der Waals surface area contributed by atoms with Gasteiger partial charge in [-0.1, -0.05) is 23.2 Å². The standard InChI is InChI=1S/C18H14Cl2N4O2/c1-10-8-16(22-12-4-2-11(3-5-12)17(25)26)24-18(21-10)23-13-6-7-14(19)15(20)9-13/h2-9H,1H3,(H,25,26)(H2,21,22,23,24). The highest BCUT2D eigenvalue weighted by Crippen LogP contribution is 2.26. The van der Waals surface area contributed by atoms with Crippen LogP contribution in [0.4, 0.5) is 23.1 Å². The van der Waals surface area contributed by atoms with Crippen molar-refractivity contribution >= 4 is 52.3 Å². The lowest BCUT2D eigenvalue weighted by molar-refractivity contribution is 0.0697. The molecular weight excluding hydrogens is 375 g/mol. The topological polar surface area (TPSA) is 87.1 Å². The first kappa shape index (κ1) is 18.0. The Bertz CT molecular complexity index is 962. The van der Waals surface area contributed by atoms with E-state index < -0.39 is 5.97 Å². The molecule has 0 saturated heterocycles. The van der Waals surface area contributed by atoms with Gasteiger partial charge < -0.3 is 15.7 Å². The number of nitrogens with one attached hydrogen (secondary N) is 2. The van der Waals surface area contributed by atoms with Crippen LogP contribution in [-0.2, 0) is 0 Å². The van der Waals surface area contributed by atoms with Crippen LogP contribution in [0.2, 0.25) is 10.0 Å². The van der Waals surface area contributed by atoms with Gasteiger partial charge in [0.2, 0.25) is 5.95 Å². The van der Waals surface area contributed by atoms with E-state index in [-0.39, 0.29) is 5.56 Å². The highest BCUT2D eigenvalue weighted by molar-refractivity contribution is 6.42. The van der Waals surface area contributed by atoms with Gasteiger partial charge in [0.25, 0.3) is 0 Å². The maximum Gasteiger partial charge on any atom is 0.335 e. The normalized spacial score (nSPS) is 10.4. The second-order valence-corrected chi connectivity index (χ2v) is 6.29. The molecule has 0 unspecified atom stereocenters. The minimum absolute atomic E-state index is 0.219.